The Morgan fingerprint density at radius 2 is 1.22 bits per heavy atom. The number of aliphatic carboxylic acids is 1. The summed E-state index contributed by atoms with van der Waals surface area (Å²) in [5, 5.41) is 12.7. The van der Waals surface area contributed by atoms with Crippen molar-refractivity contribution < 1.29 is 78.1 Å². The number of halogens is 10. The van der Waals surface area contributed by atoms with E-state index < -0.39 is 101 Å². The third-order valence-corrected chi connectivity index (χ3v) is 13.5. The first kappa shape index (κ1) is 56.2. The minimum Gasteiger partial charge on any atom is -0.481 e. The minimum absolute atomic E-state index is 0.0169. The fourth-order valence-electron chi connectivity index (χ4n) is 9.48. The van der Waals surface area contributed by atoms with Gasteiger partial charge in [0.05, 0.1) is 46.1 Å². The number of aromatic nitrogens is 2. The summed E-state index contributed by atoms with van der Waals surface area (Å²) >= 11 is 5.86. The van der Waals surface area contributed by atoms with Gasteiger partial charge in [-0.05, 0) is 48.6 Å². The number of nitrogens with two attached hydrogens (primary N) is 1. The van der Waals surface area contributed by atoms with Crippen molar-refractivity contribution in [2.24, 2.45) is 27.9 Å². The van der Waals surface area contributed by atoms with Crippen LogP contribution in [0.4, 0.5) is 39.5 Å². The Bertz CT molecular complexity index is 2660. The fraction of sp³-hybridized carbons (Fsp3) is 0.490. The number of carboxylic acids is 1. The molecular weight excluding hydrogens is 1000 g/mol. The van der Waals surface area contributed by atoms with E-state index in [0.717, 1.165) is 11.1 Å². The maximum Gasteiger partial charge on any atom is 0.312 e. The van der Waals surface area contributed by atoms with Crippen molar-refractivity contribution in [3.8, 4) is 11.3 Å². The molecule has 0 saturated heterocycles. The molecule has 1 aliphatic heterocycles. The number of carboxylic acid groups (broad SMARTS) is 1. The Labute approximate surface area is 419 Å². The number of hydrogen-bond acceptors (Lipinski definition) is 8. The molecule has 4 fully saturated rings. The van der Waals surface area contributed by atoms with Gasteiger partial charge >= 0.3 is 17.9 Å². The number of alkyl halides is 8. The average molecular weight is 1060 g/mol. The van der Waals surface area contributed by atoms with Crippen molar-refractivity contribution in [2.45, 2.75) is 129 Å². The van der Waals surface area contributed by atoms with E-state index in [1.807, 2.05) is 60.7 Å². The molecule has 22 heteroatoms. The highest BCUT2D eigenvalue weighted by Gasteiger charge is 2.59. The number of hydrogen-bond donors (Lipinski definition) is 2. The predicted molar refractivity (Wildman–Crippen MR) is 246 cm³/mol. The molecule has 396 valence electrons. The smallest absolute Gasteiger partial charge is 0.312 e. The number of fused-ring (bicyclic) bond motifs is 1. The molecular formula is C51H54ClF9N4O8. The summed E-state index contributed by atoms with van der Waals surface area (Å²) in [6.45, 7) is 5.59. The molecule has 4 aliphatic carbocycles. The van der Waals surface area contributed by atoms with E-state index in [1.54, 1.807) is 11.6 Å². The zero-order chi connectivity index (χ0) is 54.0. The summed E-state index contributed by atoms with van der Waals surface area (Å²) in [6.07, 6.45) is -3.20. The topological polar surface area (TPSA) is 171 Å². The first-order valence-corrected chi connectivity index (χ1v) is 23.5. The van der Waals surface area contributed by atoms with E-state index >= 15 is 0 Å². The second kappa shape index (κ2) is 21.4. The summed E-state index contributed by atoms with van der Waals surface area (Å²) in [4.78, 5) is 59.7. The van der Waals surface area contributed by atoms with Crippen LogP contribution >= 0.6 is 11.6 Å². The Balaban J connectivity index is 0.000000172. The van der Waals surface area contributed by atoms with E-state index in [4.69, 9.17) is 31.9 Å². The monoisotopic (exact) mass is 1060 g/mol. The van der Waals surface area contributed by atoms with Crippen LogP contribution in [-0.4, -0.2) is 79.7 Å². The van der Waals surface area contributed by atoms with Gasteiger partial charge in [0, 0.05) is 69.9 Å². The first-order valence-electron chi connectivity index (χ1n) is 23.1. The number of amides is 2. The normalized spacial score (nSPS) is 20.5. The summed E-state index contributed by atoms with van der Waals surface area (Å²) < 4.78 is 126. The Hall–Kier alpha value is -6.12. The maximum atomic E-state index is 13.5. The van der Waals surface area contributed by atoms with Crippen LogP contribution in [0.5, 0.6) is 0 Å². The highest BCUT2D eigenvalue weighted by molar-refractivity contribution is 6.31. The van der Waals surface area contributed by atoms with Gasteiger partial charge in [0.1, 0.15) is 24.7 Å². The summed E-state index contributed by atoms with van der Waals surface area (Å²) in [6, 6.07) is 22.3. The minimum atomic E-state index is -2.74. The molecule has 0 atom stereocenters. The number of primary amides is 1. The van der Waals surface area contributed by atoms with Gasteiger partial charge in [0.25, 0.3) is 5.91 Å². The number of ether oxygens (including phenoxy) is 2. The Kier molecular flexibility index (Phi) is 16.5. The lowest BCUT2D eigenvalue weighted by molar-refractivity contribution is -0.195. The van der Waals surface area contributed by atoms with Crippen LogP contribution < -0.4 is 5.73 Å². The van der Waals surface area contributed by atoms with Gasteiger partial charge in [-0.3, -0.25) is 28.7 Å². The van der Waals surface area contributed by atoms with E-state index in [1.165, 1.54) is 36.9 Å². The SMILES string of the molecule is CC1(C(=O)O)CC(F)(F)C1.CC1(C(=O)OCc2ccccc2)CC(F)(F)C1.CC1(CC(=O)N2CCn3nc(-c4ccc(F)c(Cl)c4)c(C(N)=O)c3C2)CC(F)(F)C1.O=C(OCc1ccccc1)C1CC(F)(F)C1. The van der Waals surface area contributed by atoms with Crippen molar-refractivity contribution in [1.82, 2.24) is 14.7 Å². The van der Waals surface area contributed by atoms with Crippen LogP contribution in [0.15, 0.2) is 78.9 Å². The molecule has 2 heterocycles. The van der Waals surface area contributed by atoms with Crippen molar-refractivity contribution in [2.75, 3.05) is 6.54 Å². The van der Waals surface area contributed by atoms with Gasteiger partial charge in [-0.2, -0.15) is 5.10 Å². The van der Waals surface area contributed by atoms with Crippen LogP contribution in [0, 0.1) is 28.0 Å². The Morgan fingerprint density at radius 1 is 0.712 bits per heavy atom. The average Bonchev–Trinajstić information content (AvgIpc) is 3.66. The van der Waals surface area contributed by atoms with E-state index in [2.05, 4.69) is 5.10 Å². The van der Waals surface area contributed by atoms with Gasteiger partial charge < -0.3 is 25.2 Å². The van der Waals surface area contributed by atoms with Crippen LogP contribution in [0.1, 0.15) is 106 Å². The zero-order valence-electron chi connectivity index (χ0n) is 40.0. The molecule has 2 amide bonds. The highest BCUT2D eigenvalue weighted by Crippen LogP contribution is 2.55. The number of benzene rings is 3. The van der Waals surface area contributed by atoms with Crippen LogP contribution in [0.25, 0.3) is 11.3 Å². The number of rotatable bonds is 11. The molecule has 5 aliphatic rings. The van der Waals surface area contributed by atoms with Crippen LogP contribution in [-0.2, 0) is 55.0 Å². The van der Waals surface area contributed by atoms with Crippen molar-refractivity contribution in [1.29, 1.82) is 0 Å². The lowest BCUT2D eigenvalue weighted by Crippen LogP contribution is -2.49. The van der Waals surface area contributed by atoms with Gasteiger partial charge in [-0.1, -0.05) is 79.2 Å². The highest BCUT2D eigenvalue weighted by atomic mass is 35.5. The van der Waals surface area contributed by atoms with Gasteiger partial charge in [0.15, 0.2) is 0 Å². The van der Waals surface area contributed by atoms with Crippen molar-refractivity contribution >= 4 is 41.3 Å². The molecule has 0 unspecified atom stereocenters. The number of carbonyl (C=O) groups is 5. The molecule has 3 aromatic carbocycles. The number of nitrogens with zero attached hydrogens (tertiary/aromatic N) is 3. The van der Waals surface area contributed by atoms with Gasteiger partial charge in [-0.15, -0.1) is 0 Å². The molecule has 0 spiro atoms. The zero-order valence-corrected chi connectivity index (χ0v) is 40.7. The molecule has 12 nitrogen and oxygen atoms in total. The van der Waals surface area contributed by atoms with Crippen molar-refractivity contribution in [3.63, 3.8) is 0 Å². The molecule has 3 N–H and O–H groups in total. The van der Waals surface area contributed by atoms with Crippen LogP contribution in [0.2, 0.25) is 5.02 Å². The van der Waals surface area contributed by atoms with E-state index in [-0.39, 0.29) is 74.0 Å². The molecule has 1 aromatic heterocycles. The molecule has 73 heavy (non-hydrogen) atoms. The molecule has 0 radical (unpaired) electrons. The van der Waals surface area contributed by atoms with Gasteiger partial charge in [0.2, 0.25) is 29.6 Å². The number of carbonyl (C=O) groups excluding carboxylic acids is 4. The lowest BCUT2D eigenvalue weighted by atomic mass is 9.65. The third-order valence-electron chi connectivity index (χ3n) is 13.2. The molecule has 4 aromatic rings. The predicted octanol–water partition coefficient (Wildman–Crippen LogP) is 11.1. The molecule has 4 saturated carbocycles. The largest absolute Gasteiger partial charge is 0.481 e. The second-order valence-corrected chi connectivity index (χ2v) is 20.8. The third kappa shape index (κ3) is 14.3. The maximum absolute atomic E-state index is 13.5. The van der Waals surface area contributed by atoms with Crippen molar-refractivity contribution in [3.05, 3.63) is 112 Å². The van der Waals surface area contributed by atoms with Crippen LogP contribution in [0.3, 0.4) is 0 Å². The first-order chi connectivity index (χ1) is 33.8. The molecule has 9 rings (SSSR count). The van der Waals surface area contributed by atoms with E-state index in [0.29, 0.717) is 24.3 Å². The lowest BCUT2D eigenvalue weighted by Gasteiger charge is -2.45. The second-order valence-electron chi connectivity index (χ2n) is 20.4. The molecule has 0 bridgehead atoms. The Morgan fingerprint density at radius 3 is 1.67 bits per heavy atom. The summed E-state index contributed by atoms with van der Waals surface area (Å²) in [5.41, 5.74) is 5.68. The van der Waals surface area contributed by atoms with E-state index in [9.17, 15) is 63.5 Å². The summed E-state index contributed by atoms with van der Waals surface area (Å²) in [7, 11) is 0. The number of esters is 2. The quantitative estimate of drug-likeness (QED) is 0.110. The summed E-state index contributed by atoms with van der Waals surface area (Å²) in [5.74, 6) is -15.2. The van der Waals surface area contributed by atoms with Gasteiger partial charge in [-0.25, -0.2) is 39.5 Å². The fourth-order valence-corrected chi connectivity index (χ4v) is 9.66. The standard InChI is InChI=1S/C20H20ClF3N4O2.C13H14F2O2.C12H12F2O2.C6H8F2O2/c1-19(9-20(23,24)10-19)7-15(29)27-4-5-28-14(8-27)16(18(25)30)17(26-28)11-2-3-13(22)12(21)6-11;1-12(8-13(14,15)9-12)11(16)17-7-10-5-3-2-4-6-10;13-12(14)6-10(7-12)11(15)16-8-9-4-2-1-3-5-9;1-5(4(9)10)2-6(7,8)3-5/h2-3,6H,4-5,7-10H2,1H3,(H2,25,30);2-6H,7-9H2,1H3;1-5,10H,6-8H2;2-3H2,1H3,(H,9,10).